The highest BCUT2D eigenvalue weighted by Crippen LogP contribution is 2.36. The molecular weight excluding hydrogens is 408 g/mol. The summed E-state index contributed by atoms with van der Waals surface area (Å²) in [6.45, 7) is 3.42. The van der Waals surface area contributed by atoms with Crippen molar-refractivity contribution in [3.8, 4) is 5.88 Å². The molecule has 1 aliphatic heterocycles. The van der Waals surface area contributed by atoms with Crippen LogP contribution in [0.3, 0.4) is 0 Å². The second-order valence-corrected chi connectivity index (χ2v) is 7.28. The van der Waals surface area contributed by atoms with Crippen LogP contribution >= 0.6 is 27.3 Å². The summed E-state index contributed by atoms with van der Waals surface area (Å²) in [5, 5.41) is 10.4. The maximum absolute atomic E-state index is 12.2. The summed E-state index contributed by atoms with van der Waals surface area (Å²) < 4.78 is 6.88. The third-order valence-electron chi connectivity index (χ3n) is 3.76. The first kappa shape index (κ1) is 17.6. The molecule has 3 rings (SSSR count). The lowest BCUT2D eigenvalue weighted by atomic mass is 10.1. The molecule has 0 aliphatic carbocycles. The Balaban J connectivity index is 2.01. The van der Waals surface area contributed by atoms with Gasteiger partial charge in [-0.05, 0) is 38.1 Å². The van der Waals surface area contributed by atoms with Crippen molar-refractivity contribution in [2.45, 2.75) is 19.9 Å². The van der Waals surface area contributed by atoms with Gasteiger partial charge in [-0.2, -0.15) is 0 Å². The van der Waals surface area contributed by atoms with Gasteiger partial charge in [0.2, 0.25) is 5.88 Å². The molecule has 1 atom stereocenters. The van der Waals surface area contributed by atoms with E-state index in [1.807, 2.05) is 18.2 Å². The molecular formula is C17H15BrN2O4S. The summed E-state index contributed by atoms with van der Waals surface area (Å²) in [6.07, 6.45) is 3.37. The van der Waals surface area contributed by atoms with Gasteiger partial charge in [-0.25, -0.2) is 4.79 Å². The van der Waals surface area contributed by atoms with Crippen molar-refractivity contribution in [2.75, 3.05) is 6.61 Å². The fraction of sp³-hybridized carbons (Fsp3) is 0.235. The molecule has 0 spiro atoms. The highest BCUT2D eigenvalue weighted by molar-refractivity contribution is 9.10. The minimum Gasteiger partial charge on any atom is -0.493 e. The van der Waals surface area contributed by atoms with E-state index in [0.29, 0.717) is 4.88 Å². The lowest BCUT2D eigenvalue weighted by Crippen LogP contribution is -2.25. The number of hydrogen-bond acceptors (Lipinski definition) is 6. The highest BCUT2D eigenvalue weighted by Gasteiger charge is 2.24. The molecule has 1 aliphatic rings. The number of thiazole rings is 1. The number of esters is 1. The van der Waals surface area contributed by atoms with Gasteiger partial charge in [0.15, 0.2) is 0 Å². The van der Waals surface area contributed by atoms with Crippen molar-refractivity contribution >= 4 is 56.8 Å². The van der Waals surface area contributed by atoms with Crippen LogP contribution in [0.4, 0.5) is 5.69 Å². The second-order valence-electron chi connectivity index (χ2n) is 5.37. The quantitative estimate of drug-likeness (QED) is 0.760. The minimum absolute atomic E-state index is 0.210. The molecule has 2 heterocycles. The number of fused-ring (bicyclic) bond motifs is 1. The van der Waals surface area contributed by atoms with E-state index < -0.39 is 16.9 Å². The Bertz CT molecular complexity index is 958. The van der Waals surface area contributed by atoms with Crippen LogP contribution in [0.15, 0.2) is 32.5 Å². The van der Waals surface area contributed by atoms with Gasteiger partial charge < -0.3 is 9.84 Å². The number of rotatable bonds is 4. The van der Waals surface area contributed by atoms with Gasteiger partial charge in [0.05, 0.1) is 17.2 Å². The van der Waals surface area contributed by atoms with Gasteiger partial charge in [0.25, 0.3) is 0 Å². The first-order valence-electron chi connectivity index (χ1n) is 7.59. The van der Waals surface area contributed by atoms with Gasteiger partial charge in [0.1, 0.15) is 6.04 Å². The molecule has 0 amide bonds. The molecule has 0 saturated heterocycles. The molecule has 0 bridgehead atoms. The number of benzene rings is 1. The number of ether oxygens (including phenoxy) is 1. The maximum Gasteiger partial charge on any atom is 0.329 e. The average molecular weight is 423 g/mol. The summed E-state index contributed by atoms with van der Waals surface area (Å²) in [4.78, 5) is 28.4. The molecule has 1 aromatic heterocycles. The van der Waals surface area contributed by atoms with Gasteiger partial charge >= 0.3 is 10.8 Å². The third-order valence-corrected chi connectivity index (χ3v) is 5.14. The van der Waals surface area contributed by atoms with Crippen LogP contribution in [0.5, 0.6) is 5.88 Å². The monoisotopic (exact) mass is 422 g/mol. The Labute approximate surface area is 156 Å². The Morgan fingerprint density at radius 3 is 3.00 bits per heavy atom. The number of carbonyl (C=O) groups excluding carboxylic acids is 1. The summed E-state index contributed by atoms with van der Waals surface area (Å²) in [5.74, 6) is -0.812. The molecule has 0 unspecified atom stereocenters. The van der Waals surface area contributed by atoms with Crippen LogP contribution in [0.1, 0.15) is 30.3 Å². The van der Waals surface area contributed by atoms with E-state index in [1.165, 1.54) is 6.92 Å². The molecule has 25 heavy (non-hydrogen) atoms. The lowest BCUT2D eigenvalue weighted by molar-refractivity contribution is -0.146. The van der Waals surface area contributed by atoms with Crippen LogP contribution in [-0.2, 0) is 9.53 Å². The minimum atomic E-state index is -0.894. The van der Waals surface area contributed by atoms with E-state index in [9.17, 15) is 14.7 Å². The van der Waals surface area contributed by atoms with E-state index in [2.05, 4.69) is 20.9 Å². The number of aromatic hydroxyl groups is 1. The van der Waals surface area contributed by atoms with Crippen LogP contribution in [-0.4, -0.2) is 28.5 Å². The van der Waals surface area contributed by atoms with Crippen LogP contribution in [0.2, 0.25) is 0 Å². The topological polar surface area (TPSA) is 80.9 Å². The molecule has 0 radical (unpaired) electrons. The normalized spacial score (nSPS) is 15.4. The largest absolute Gasteiger partial charge is 0.493 e. The zero-order chi connectivity index (χ0) is 18.1. The van der Waals surface area contributed by atoms with E-state index >= 15 is 0 Å². The third kappa shape index (κ3) is 3.32. The first-order valence-corrected chi connectivity index (χ1v) is 9.20. The number of aromatic nitrogens is 1. The second kappa shape index (κ2) is 6.97. The molecule has 6 nitrogen and oxygen atoms in total. The number of hydrogen-bond donors (Lipinski definition) is 1. The zero-order valence-corrected chi connectivity index (χ0v) is 15.9. The van der Waals surface area contributed by atoms with Gasteiger partial charge in [-0.3, -0.25) is 14.4 Å². The Kier molecular flexibility index (Phi) is 4.91. The van der Waals surface area contributed by atoms with Gasteiger partial charge in [-0.15, -0.1) is 0 Å². The van der Waals surface area contributed by atoms with Crippen molar-refractivity contribution in [1.29, 1.82) is 0 Å². The summed E-state index contributed by atoms with van der Waals surface area (Å²) >= 11 is 4.29. The summed E-state index contributed by atoms with van der Waals surface area (Å²) in [5.41, 5.74) is 2.50. The molecule has 0 fully saturated rings. The van der Waals surface area contributed by atoms with E-state index in [-0.39, 0.29) is 12.5 Å². The molecule has 8 heteroatoms. The van der Waals surface area contributed by atoms with Crippen molar-refractivity contribution < 1.29 is 14.6 Å². The first-order chi connectivity index (χ1) is 11.9. The van der Waals surface area contributed by atoms with Crippen molar-refractivity contribution in [1.82, 2.24) is 4.57 Å². The number of aliphatic imine (C=N–C) groups is 1. The Hall–Kier alpha value is -2.19. The number of allylic oxidation sites excluding steroid dienone is 1. The standard InChI is InChI=1S/C17H15BrN2O4S/c1-3-24-16(22)9(2)20-15(21)14(25-17(20)23)6-10-8-19-13-5-4-11(18)7-12(10)13/h4-9,21H,3H2,1-2H3/b10-6+/t9-/m0/s1. The number of nitrogens with zero attached hydrogens (tertiary/aromatic N) is 2. The maximum atomic E-state index is 12.2. The zero-order valence-electron chi connectivity index (χ0n) is 13.5. The van der Waals surface area contributed by atoms with E-state index in [1.54, 1.807) is 19.2 Å². The number of halogens is 1. The fourth-order valence-corrected chi connectivity index (χ4v) is 3.78. The summed E-state index contributed by atoms with van der Waals surface area (Å²) in [6, 6.07) is 4.81. The Morgan fingerprint density at radius 2 is 2.28 bits per heavy atom. The number of carbonyl (C=O) groups is 1. The SMILES string of the molecule is CCOC(=O)[C@H](C)n1c(O)c(/C=C2\C=Nc3ccc(Br)cc32)sc1=O. The van der Waals surface area contributed by atoms with Gasteiger partial charge in [0, 0.05) is 21.8 Å². The molecule has 0 saturated carbocycles. The van der Waals surface area contributed by atoms with Crippen molar-refractivity contribution in [3.05, 3.63) is 42.8 Å². The fourth-order valence-electron chi connectivity index (χ4n) is 2.51. The van der Waals surface area contributed by atoms with Crippen LogP contribution in [0.25, 0.3) is 11.6 Å². The van der Waals surface area contributed by atoms with E-state index in [4.69, 9.17) is 4.74 Å². The average Bonchev–Trinajstić information content (AvgIpc) is 3.08. The lowest BCUT2D eigenvalue weighted by Gasteiger charge is -2.12. The van der Waals surface area contributed by atoms with Crippen molar-refractivity contribution in [2.24, 2.45) is 4.99 Å². The molecule has 130 valence electrons. The van der Waals surface area contributed by atoms with Crippen molar-refractivity contribution in [3.63, 3.8) is 0 Å². The van der Waals surface area contributed by atoms with Gasteiger partial charge in [-0.1, -0.05) is 27.3 Å². The highest BCUT2D eigenvalue weighted by atomic mass is 79.9. The summed E-state index contributed by atoms with van der Waals surface area (Å²) in [7, 11) is 0. The molecule has 2 aromatic rings. The van der Waals surface area contributed by atoms with E-state index in [0.717, 1.165) is 37.2 Å². The smallest absolute Gasteiger partial charge is 0.329 e. The molecule has 1 aromatic carbocycles. The van der Waals surface area contributed by atoms with Crippen LogP contribution < -0.4 is 4.87 Å². The Morgan fingerprint density at radius 1 is 1.52 bits per heavy atom. The predicted molar refractivity (Wildman–Crippen MR) is 102 cm³/mol. The predicted octanol–water partition coefficient (Wildman–Crippen LogP) is 3.76. The van der Waals surface area contributed by atoms with Crippen LogP contribution in [0, 0.1) is 0 Å². The molecule has 1 N–H and O–H groups in total.